The van der Waals surface area contributed by atoms with Gasteiger partial charge in [-0.15, -0.1) is 0 Å². The Labute approximate surface area is 111 Å². The third-order valence-electron chi connectivity index (χ3n) is 3.77. The van der Waals surface area contributed by atoms with Gasteiger partial charge in [0.2, 0.25) is 0 Å². The van der Waals surface area contributed by atoms with Crippen LogP contribution in [0.5, 0.6) is 0 Å². The van der Waals surface area contributed by atoms with Crippen molar-refractivity contribution in [2.24, 2.45) is 5.41 Å². The summed E-state index contributed by atoms with van der Waals surface area (Å²) in [5, 5.41) is 12.6. The van der Waals surface area contributed by atoms with Crippen molar-refractivity contribution in [1.82, 2.24) is 5.32 Å². The van der Waals surface area contributed by atoms with Crippen LogP contribution in [0.15, 0.2) is 12.1 Å². The van der Waals surface area contributed by atoms with E-state index in [9.17, 15) is 5.11 Å². The maximum atomic E-state index is 9.18. The number of hydrogen-bond donors (Lipinski definition) is 2. The van der Waals surface area contributed by atoms with Crippen LogP contribution in [0.4, 0.5) is 0 Å². The van der Waals surface area contributed by atoms with E-state index >= 15 is 0 Å². The predicted octanol–water partition coefficient (Wildman–Crippen LogP) is 2.76. The van der Waals surface area contributed by atoms with E-state index in [-0.39, 0.29) is 12.0 Å². The Hall–Kier alpha value is -0.860. The van der Waals surface area contributed by atoms with E-state index in [0.717, 1.165) is 19.5 Å². The normalized spacial score (nSPS) is 11.9. The fourth-order valence-electron chi connectivity index (χ4n) is 1.99. The molecule has 0 unspecified atom stereocenters. The minimum atomic E-state index is -0.0295. The lowest BCUT2D eigenvalue weighted by Crippen LogP contribution is -2.33. The van der Waals surface area contributed by atoms with E-state index < -0.39 is 0 Å². The molecule has 1 rings (SSSR count). The fraction of sp³-hybridized carbons (Fsp3) is 0.625. The van der Waals surface area contributed by atoms with Crippen LogP contribution in [0.2, 0.25) is 0 Å². The summed E-state index contributed by atoms with van der Waals surface area (Å²) in [5.74, 6) is 0. The zero-order valence-corrected chi connectivity index (χ0v) is 12.4. The maximum Gasteiger partial charge on any atom is 0.0494 e. The molecular formula is C16H27NO. The van der Waals surface area contributed by atoms with Gasteiger partial charge in [0.25, 0.3) is 0 Å². The standard InChI is InChI=1S/C16H27NO/c1-12-6-7-15(14(3)13(12)2)8-9-17-10-16(4,5)11-18/h6-7,17-18H,8-11H2,1-5H3. The molecule has 0 heterocycles. The number of aliphatic hydroxyl groups is 1. The van der Waals surface area contributed by atoms with Crippen LogP contribution < -0.4 is 5.32 Å². The van der Waals surface area contributed by atoms with E-state index in [1.807, 2.05) is 0 Å². The molecule has 2 heteroatoms. The third kappa shape index (κ3) is 4.11. The van der Waals surface area contributed by atoms with Crippen molar-refractivity contribution in [3.05, 3.63) is 34.4 Å². The van der Waals surface area contributed by atoms with Gasteiger partial charge < -0.3 is 10.4 Å². The van der Waals surface area contributed by atoms with Crippen molar-refractivity contribution >= 4 is 0 Å². The highest BCUT2D eigenvalue weighted by atomic mass is 16.3. The number of rotatable bonds is 6. The molecule has 102 valence electrons. The maximum absolute atomic E-state index is 9.18. The molecule has 0 aliphatic rings. The van der Waals surface area contributed by atoms with Crippen molar-refractivity contribution in [2.45, 2.75) is 41.0 Å². The van der Waals surface area contributed by atoms with Crippen molar-refractivity contribution in [2.75, 3.05) is 19.7 Å². The molecule has 0 bridgehead atoms. The minimum absolute atomic E-state index is 0.0295. The van der Waals surface area contributed by atoms with Gasteiger partial charge in [-0.1, -0.05) is 26.0 Å². The van der Waals surface area contributed by atoms with E-state index in [1.54, 1.807) is 0 Å². The Kier molecular flexibility index (Phi) is 5.36. The lowest BCUT2D eigenvalue weighted by molar-refractivity contribution is 0.157. The molecule has 0 saturated carbocycles. The molecule has 2 nitrogen and oxygen atoms in total. The Bertz CT molecular complexity index is 396. The third-order valence-corrected chi connectivity index (χ3v) is 3.77. The van der Waals surface area contributed by atoms with Crippen LogP contribution in [0.3, 0.4) is 0 Å². The van der Waals surface area contributed by atoms with Crippen molar-refractivity contribution < 1.29 is 5.11 Å². The minimum Gasteiger partial charge on any atom is -0.396 e. The molecule has 1 aromatic rings. The first-order valence-electron chi connectivity index (χ1n) is 6.74. The molecule has 0 aliphatic carbocycles. The molecule has 0 aromatic heterocycles. The molecule has 1 aromatic carbocycles. The van der Waals surface area contributed by atoms with Gasteiger partial charge in [0.05, 0.1) is 0 Å². The van der Waals surface area contributed by atoms with Gasteiger partial charge in [0.1, 0.15) is 0 Å². The zero-order chi connectivity index (χ0) is 13.8. The lowest BCUT2D eigenvalue weighted by atomic mass is 9.94. The second-order valence-corrected chi connectivity index (χ2v) is 6.04. The topological polar surface area (TPSA) is 32.3 Å². The Balaban J connectivity index is 2.48. The number of nitrogens with one attached hydrogen (secondary N) is 1. The second-order valence-electron chi connectivity index (χ2n) is 6.04. The van der Waals surface area contributed by atoms with Gasteiger partial charge in [0, 0.05) is 18.6 Å². The average Bonchev–Trinajstić information content (AvgIpc) is 2.34. The van der Waals surface area contributed by atoms with Crippen LogP contribution in [0, 0.1) is 26.2 Å². The first-order chi connectivity index (χ1) is 8.37. The summed E-state index contributed by atoms with van der Waals surface area (Å²) < 4.78 is 0. The lowest BCUT2D eigenvalue weighted by Gasteiger charge is -2.22. The highest BCUT2D eigenvalue weighted by Crippen LogP contribution is 2.17. The Morgan fingerprint density at radius 2 is 1.78 bits per heavy atom. The quantitative estimate of drug-likeness (QED) is 0.760. The highest BCUT2D eigenvalue weighted by Gasteiger charge is 2.15. The summed E-state index contributed by atoms with van der Waals surface area (Å²) in [4.78, 5) is 0. The van der Waals surface area contributed by atoms with Crippen molar-refractivity contribution in [3.8, 4) is 0 Å². The summed E-state index contributed by atoms with van der Waals surface area (Å²) in [7, 11) is 0. The van der Waals surface area contributed by atoms with Gasteiger partial charge in [-0.05, 0) is 56.0 Å². The molecule has 2 N–H and O–H groups in total. The summed E-state index contributed by atoms with van der Waals surface area (Å²) in [6.07, 6.45) is 1.05. The molecule has 0 fully saturated rings. The van der Waals surface area contributed by atoms with Crippen molar-refractivity contribution in [3.63, 3.8) is 0 Å². The number of benzene rings is 1. The highest BCUT2D eigenvalue weighted by molar-refractivity contribution is 5.38. The Morgan fingerprint density at radius 1 is 1.11 bits per heavy atom. The fourth-order valence-corrected chi connectivity index (χ4v) is 1.99. The molecule has 0 amide bonds. The largest absolute Gasteiger partial charge is 0.396 e. The first kappa shape index (κ1) is 15.2. The molecule has 18 heavy (non-hydrogen) atoms. The first-order valence-corrected chi connectivity index (χ1v) is 6.74. The summed E-state index contributed by atoms with van der Waals surface area (Å²) in [6, 6.07) is 4.44. The number of aryl methyl sites for hydroxylation is 1. The zero-order valence-electron chi connectivity index (χ0n) is 12.4. The van der Waals surface area contributed by atoms with Crippen LogP contribution in [-0.2, 0) is 6.42 Å². The van der Waals surface area contributed by atoms with Crippen LogP contribution in [0.25, 0.3) is 0 Å². The van der Waals surface area contributed by atoms with Crippen LogP contribution in [0.1, 0.15) is 36.1 Å². The summed E-state index contributed by atoms with van der Waals surface area (Å²) in [6.45, 7) is 12.7. The molecular weight excluding hydrogens is 222 g/mol. The molecule has 0 saturated heterocycles. The van der Waals surface area contributed by atoms with Crippen LogP contribution >= 0.6 is 0 Å². The average molecular weight is 249 g/mol. The Morgan fingerprint density at radius 3 is 2.39 bits per heavy atom. The predicted molar refractivity (Wildman–Crippen MR) is 78.1 cm³/mol. The molecule has 0 spiro atoms. The molecule has 0 radical (unpaired) electrons. The summed E-state index contributed by atoms with van der Waals surface area (Å²) >= 11 is 0. The van der Waals surface area contributed by atoms with E-state index in [1.165, 1.54) is 22.3 Å². The van der Waals surface area contributed by atoms with Gasteiger partial charge >= 0.3 is 0 Å². The van der Waals surface area contributed by atoms with E-state index in [0.29, 0.717) is 0 Å². The SMILES string of the molecule is Cc1ccc(CCNCC(C)(C)CO)c(C)c1C. The van der Waals surface area contributed by atoms with E-state index in [4.69, 9.17) is 0 Å². The summed E-state index contributed by atoms with van der Waals surface area (Å²) in [5.41, 5.74) is 5.58. The number of aliphatic hydroxyl groups excluding tert-OH is 1. The smallest absolute Gasteiger partial charge is 0.0494 e. The monoisotopic (exact) mass is 249 g/mol. The van der Waals surface area contributed by atoms with Crippen LogP contribution in [-0.4, -0.2) is 24.8 Å². The molecule has 0 aliphatic heterocycles. The second kappa shape index (κ2) is 6.35. The molecule has 0 atom stereocenters. The van der Waals surface area contributed by atoms with Gasteiger partial charge in [-0.2, -0.15) is 0 Å². The van der Waals surface area contributed by atoms with E-state index in [2.05, 4.69) is 52.1 Å². The van der Waals surface area contributed by atoms with Gasteiger partial charge in [0.15, 0.2) is 0 Å². The van der Waals surface area contributed by atoms with Gasteiger partial charge in [-0.3, -0.25) is 0 Å². The number of hydrogen-bond acceptors (Lipinski definition) is 2. The van der Waals surface area contributed by atoms with Crippen molar-refractivity contribution in [1.29, 1.82) is 0 Å². The van der Waals surface area contributed by atoms with Gasteiger partial charge in [-0.25, -0.2) is 0 Å².